The van der Waals surface area contributed by atoms with E-state index in [1.54, 1.807) is 0 Å². The Morgan fingerprint density at radius 2 is 1.91 bits per heavy atom. The van der Waals surface area contributed by atoms with Crippen LogP contribution in [0.15, 0.2) is 21.9 Å². The van der Waals surface area contributed by atoms with Gasteiger partial charge in [-0.25, -0.2) is 4.79 Å². The molecule has 118 valence electrons. The molecule has 4 atom stereocenters. The molecule has 1 aliphatic rings. The van der Waals surface area contributed by atoms with E-state index in [0.717, 1.165) is 16.8 Å². The number of nitrogens with zero attached hydrogens (tertiary/aromatic N) is 1. The summed E-state index contributed by atoms with van der Waals surface area (Å²) in [4.78, 5) is 45.2. The maximum absolute atomic E-state index is 11.6. The number of H-pyrrole nitrogens is 1. The minimum Gasteiger partial charge on any atom is -0.790 e. The molecule has 1 aromatic rings. The van der Waals surface area contributed by atoms with Gasteiger partial charge >= 0.3 is 43.4 Å². The Hall–Kier alpha value is -0.135. The van der Waals surface area contributed by atoms with Gasteiger partial charge in [-0.3, -0.25) is 14.3 Å². The van der Waals surface area contributed by atoms with Gasteiger partial charge in [0.05, 0.1) is 14.4 Å². The van der Waals surface area contributed by atoms with Crippen LogP contribution in [0.5, 0.6) is 0 Å². The molecule has 11 nitrogen and oxygen atoms in total. The number of ether oxygens (including phenoxy) is 1. The maximum Gasteiger partial charge on any atom is 1.00 e. The summed E-state index contributed by atoms with van der Waals surface area (Å²) in [5.41, 5.74) is -1.55. The first kappa shape index (κ1) is 22.9. The number of aromatic nitrogens is 2. The number of aromatic amines is 1. The van der Waals surface area contributed by atoms with Crippen LogP contribution in [-0.2, 0) is 13.8 Å². The molecule has 23 heavy (non-hydrogen) atoms. The standard InChI is InChI=1S/C9H13N2O9P.2Li/c12-5-1-2-11(9(15)10-5)8-7(14)6(13)4(20-8)3-19-21(16,17)18;;/h1-2,4,6-8,13-14H,3H2,(H,10,12,15)(H2,16,17,18);;/q;2*+1/p-2/t4-,6-,7-,8-;;/m1../s1. The predicted octanol–water partition coefficient (Wildman–Crippen LogP) is -9.99. The van der Waals surface area contributed by atoms with E-state index in [9.17, 15) is 34.2 Å². The average Bonchev–Trinajstić information content (AvgIpc) is 2.64. The minimum atomic E-state index is -5.26. The van der Waals surface area contributed by atoms with Crippen LogP contribution < -0.4 is 58.8 Å². The smallest absolute Gasteiger partial charge is 0.790 e. The summed E-state index contributed by atoms with van der Waals surface area (Å²) in [6.45, 7) is -0.808. The number of rotatable bonds is 4. The van der Waals surface area contributed by atoms with E-state index in [4.69, 9.17) is 4.74 Å². The predicted molar refractivity (Wildman–Crippen MR) is 60.8 cm³/mol. The van der Waals surface area contributed by atoms with Crippen molar-refractivity contribution in [2.45, 2.75) is 24.5 Å². The molecule has 1 saturated heterocycles. The minimum absolute atomic E-state index is 0. The third-order valence-corrected chi connectivity index (χ3v) is 3.32. The van der Waals surface area contributed by atoms with Gasteiger partial charge in [0.2, 0.25) is 0 Å². The van der Waals surface area contributed by atoms with Crippen molar-refractivity contribution in [2.75, 3.05) is 6.61 Å². The Morgan fingerprint density at radius 3 is 2.43 bits per heavy atom. The van der Waals surface area contributed by atoms with Gasteiger partial charge in [-0.2, -0.15) is 0 Å². The van der Waals surface area contributed by atoms with Gasteiger partial charge in [-0.05, 0) is 0 Å². The second-order valence-electron chi connectivity index (χ2n) is 4.31. The van der Waals surface area contributed by atoms with Gasteiger partial charge in [0.15, 0.2) is 6.23 Å². The van der Waals surface area contributed by atoms with E-state index in [1.807, 2.05) is 4.98 Å². The van der Waals surface area contributed by atoms with E-state index in [1.165, 1.54) is 0 Å². The molecule has 0 aromatic carbocycles. The zero-order valence-corrected chi connectivity index (χ0v) is 13.2. The Balaban J connectivity index is 0.00000242. The summed E-state index contributed by atoms with van der Waals surface area (Å²) >= 11 is 0. The second kappa shape index (κ2) is 8.81. The molecular formula is C9H11Li2N2O9P. The summed E-state index contributed by atoms with van der Waals surface area (Å²) in [5.74, 6) is 0. The third-order valence-electron chi connectivity index (χ3n) is 2.86. The van der Waals surface area contributed by atoms with Crippen LogP contribution in [0.4, 0.5) is 0 Å². The Morgan fingerprint density at radius 1 is 1.30 bits per heavy atom. The van der Waals surface area contributed by atoms with Crippen molar-refractivity contribution in [1.29, 1.82) is 0 Å². The second-order valence-corrected chi connectivity index (χ2v) is 5.46. The Bertz CT molecular complexity index is 673. The summed E-state index contributed by atoms with van der Waals surface area (Å²) in [5, 5.41) is 19.5. The van der Waals surface area contributed by atoms with Gasteiger partial charge in [0, 0.05) is 12.3 Å². The van der Waals surface area contributed by atoms with Gasteiger partial charge < -0.3 is 33.8 Å². The Labute approximate surface area is 153 Å². The molecule has 3 N–H and O–H groups in total. The number of nitrogens with one attached hydrogen (secondary N) is 1. The monoisotopic (exact) mass is 336 g/mol. The summed E-state index contributed by atoms with van der Waals surface area (Å²) in [7, 11) is -5.26. The van der Waals surface area contributed by atoms with Crippen molar-refractivity contribution >= 4 is 7.82 Å². The molecule has 0 saturated carbocycles. The zero-order valence-electron chi connectivity index (χ0n) is 12.3. The van der Waals surface area contributed by atoms with Crippen LogP contribution in [0, 0.1) is 0 Å². The molecule has 0 spiro atoms. The topological polar surface area (TPSA) is 177 Å². The van der Waals surface area contributed by atoms with E-state index in [2.05, 4.69) is 4.52 Å². The van der Waals surface area contributed by atoms with Crippen LogP contribution in [0.1, 0.15) is 6.23 Å². The first-order valence-corrected chi connectivity index (χ1v) is 7.15. The number of hydrogen-bond donors (Lipinski definition) is 3. The molecule has 2 heterocycles. The SMILES string of the molecule is O=c1ccn([C@@H]2O[C@H](COP(=O)([O-])[O-])[C@@H](O)[C@H]2O)c(=O)[nH]1.[Li+].[Li+]. The van der Waals surface area contributed by atoms with Gasteiger partial charge in [0.25, 0.3) is 5.56 Å². The van der Waals surface area contributed by atoms with Crippen molar-refractivity contribution in [2.24, 2.45) is 0 Å². The van der Waals surface area contributed by atoms with Crippen LogP contribution in [0.2, 0.25) is 0 Å². The average molecular weight is 336 g/mol. The molecule has 0 amide bonds. The summed E-state index contributed by atoms with van der Waals surface area (Å²) in [6, 6.07) is 0.997. The van der Waals surface area contributed by atoms with Gasteiger partial charge in [-0.15, -0.1) is 0 Å². The molecule has 1 aromatic heterocycles. The van der Waals surface area contributed by atoms with Crippen molar-refractivity contribution in [3.63, 3.8) is 0 Å². The third kappa shape index (κ3) is 5.71. The number of phosphoric acid groups is 1. The first-order valence-electron chi connectivity index (χ1n) is 5.69. The fourth-order valence-corrected chi connectivity index (χ4v) is 2.22. The maximum atomic E-state index is 11.6. The van der Waals surface area contributed by atoms with Crippen LogP contribution in [-0.4, -0.2) is 44.7 Å². The molecule has 14 heteroatoms. The van der Waals surface area contributed by atoms with Crippen LogP contribution in [0.25, 0.3) is 0 Å². The van der Waals surface area contributed by atoms with Gasteiger partial charge in [-0.1, -0.05) is 0 Å². The van der Waals surface area contributed by atoms with Crippen molar-refractivity contribution in [3.8, 4) is 0 Å². The van der Waals surface area contributed by atoms with Crippen molar-refractivity contribution < 1.29 is 71.5 Å². The number of aliphatic hydroxyl groups excluding tert-OH is 2. The first-order chi connectivity index (χ1) is 9.69. The normalized spacial score (nSPS) is 27.1. The summed E-state index contributed by atoms with van der Waals surface area (Å²) in [6.07, 6.45) is -4.83. The number of phosphoric ester groups is 1. The van der Waals surface area contributed by atoms with Crippen molar-refractivity contribution in [1.82, 2.24) is 9.55 Å². The quantitative estimate of drug-likeness (QED) is 0.356. The van der Waals surface area contributed by atoms with Crippen LogP contribution in [0.3, 0.4) is 0 Å². The molecule has 1 fully saturated rings. The van der Waals surface area contributed by atoms with Crippen molar-refractivity contribution in [3.05, 3.63) is 33.1 Å². The van der Waals surface area contributed by atoms with E-state index in [0.29, 0.717) is 0 Å². The number of hydrogen-bond acceptors (Lipinski definition) is 9. The molecular weight excluding hydrogens is 325 g/mol. The summed E-state index contributed by atoms with van der Waals surface area (Å²) < 4.78 is 20.3. The van der Waals surface area contributed by atoms with E-state index >= 15 is 0 Å². The Kier molecular flexibility index (Phi) is 8.76. The largest absolute Gasteiger partial charge is 1.00 e. The molecule has 2 rings (SSSR count). The van der Waals surface area contributed by atoms with E-state index < -0.39 is 50.2 Å². The molecule has 0 bridgehead atoms. The number of aliphatic hydroxyl groups is 2. The molecule has 1 aliphatic heterocycles. The molecule has 0 radical (unpaired) electrons. The van der Waals surface area contributed by atoms with Gasteiger partial charge in [0.1, 0.15) is 18.3 Å². The zero-order chi connectivity index (χ0) is 15.8. The molecule has 0 aliphatic carbocycles. The fourth-order valence-electron chi connectivity index (χ4n) is 1.89. The molecule has 0 unspecified atom stereocenters. The van der Waals surface area contributed by atoms with E-state index in [-0.39, 0.29) is 37.7 Å². The fraction of sp³-hybridized carbons (Fsp3) is 0.556. The van der Waals surface area contributed by atoms with Crippen LogP contribution >= 0.6 is 7.82 Å².